The lowest BCUT2D eigenvalue weighted by molar-refractivity contribution is 0.129. The molecule has 0 radical (unpaired) electrons. The molecule has 5 rings (SSSR count). The first-order chi connectivity index (χ1) is 18.3. The Balaban J connectivity index is 1.36. The summed E-state index contributed by atoms with van der Waals surface area (Å²) >= 11 is 0. The highest BCUT2D eigenvalue weighted by Crippen LogP contribution is 2.39. The minimum atomic E-state index is -0.733. The van der Waals surface area contributed by atoms with Crippen molar-refractivity contribution in [1.29, 1.82) is 5.26 Å². The third kappa shape index (κ3) is 6.03. The summed E-state index contributed by atoms with van der Waals surface area (Å²) < 4.78 is 27.3. The van der Waals surface area contributed by atoms with E-state index in [1.54, 1.807) is 18.0 Å². The highest BCUT2D eigenvalue weighted by molar-refractivity contribution is 5.89. The molecule has 2 aliphatic rings. The number of anilines is 1. The van der Waals surface area contributed by atoms with Crippen LogP contribution in [-0.4, -0.2) is 49.1 Å². The van der Waals surface area contributed by atoms with Crippen LogP contribution in [-0.2, 0) is 5.41 Å². The minimum Gasteiger partial charge on any atom is -0.327 e. The summed E-state index contributed by atoms with van der Waals surface area (Å²) in [6, 6.07) is 20.8. The maximum atomic E-state index is 13.6. The lowest BCUT2D eigenvalue weighted by Gasteiger charge is -2.44. The number of nitrogens with zero attached hydrogens (tertiary/aromatic N) is 3. The SMILES string of the molecule is CN(CC1(c2ccc(-c3cccc(C#N)c3)cc2)CCN(CC2CC2)CC1)C(=O)Nc1cc(F)cc(F)c1. The minimum absolute atomic E-state index is 0.0941. The first-order valence-electron chi connectivity index (χ1n) is 13.2. The Morgan fingerprint density at radius 2 is 1.71 bits per heavy atom. The number of rotatable bonds is 7. The van der Waals surface area contributed by atoms with Crippen molar-refractivity contribution in [3.63, 3.8) is 0 Å². The monoisotopic (exact) mass is 514 g/mol. The molecule has 3 aromatic carbocycles. The van der Waals surface area contributed by atoms with Crippen LogP contribution in [0.5, 0.6) is 0 Å². The second-order valence-corrected chi connectivity index (χ2v) is 10.7. The van der Waals surface area contributed by atoms with E-state index in [1.807, 2.05) is 18.2 Å². The van der Waals surface area contributed by atoms with Gasteiger partial charge in [-0.25, -0.2) is 13.6 Å². The van der Waals surface area contributed by atoms with Gasteiger partial charge in [0, 0.05) is 37.3 Å². The summed E-state index contributed by atoms with van der Waals surface area (Å²) in [5, 5.41) is 11.9. The molecule has 1 aliphatic carbocycles. The quantitative estimate of drug-likeness (QED) is 0.396. The topological polar surface area (TPSA) is 59.4 Å². The van der Waals surface area contributed by atoms with E-state index in [-0.39, 0.29) is 11.1 Å². The number of nitriles is 1. The molecule has 1 saturated carbocycles. The zero-order chi connectivity index (χ0) is 26.7. The zero-order valence-corrected chi connectivity index (χ0v) is 21.6. The van der Waals surface area contributed by atoms with Gasteiger partial charge in [0.15, 0.2) is 0 Å². The average Bonchev–Trinajstić information content (AvgIpc) is 3.73. The molecule has 0 bridgehead atoms. The van der Waals surface area contributed by atoms with Crippen molar-refractivity contribution in [2.45, 2.75) is 31.1 Å². The molecular weight excluding hydrogens is 482 g/mol. The van der Waals surface area contributed by atoms with Crippen LogP contribution in [0.3, 0.4) is 0 Å². The molecular formula is C31H32F2N4O. The number of likely N-dealkylation sites (tertiary alicyclic amines) is 1. The van der Waals surface area contributed by atoms with Crippen molar-refractivity contribution < 1.29 is 13.6 Å². The molecule has 0 spiro atoms. The lowest BCUT2D eigenvalue weighted by atomic mass is 9.72. The molecule has 2 fully saturated rings. The van der Waals surface area contributed by atoms with E-state index in [1.165, 1.54) is 18.4 Å². The van der Waals surface area contributed by atoms with Gasteiger partial charge in [0.25, 0.3) is 0 Å². The van der Waals surface area contributed by atoms with Gasteiger partial charge in [-0.1, -0.05) is 36.4 Å². The third-order valence-electron chi connectivity index (χ3n) is 7.85. The van der Waals surface area contributed by atoms with Gasteiger partial charge in [-0.3, -0.25) is 0 Å². The molecule has 5 nitrogen and oxygen atoms in total. The summed E-state index contributed by atoms with van der Waals surface area (Å²) in [4.78, 5) is 17.2. The Hall–Kier alpha value is -3.76. The van der Waals surface area contributed by atoms with Crippen molar-refractivity contribution in [1.82, 2.24) is 9.80 Å². The van der Waals surface area contributed by atoms with E-state index in [2.05, 4.69) is 40.6 Å². The van der Waals surface area contributed by atoms with E-state index in [0.717, 1.165) is 67.7 Å². The number of carbonyl (C=O) groups is 1. The van der Waals surface area contributed by atoms with Crippen molar-refractivity contribution in [3.05, 3.63) is 89.5 Å². The highest BCUT2D eigenvalue weighted by Gasteiger charge is 2.39. The standard InChI is InChI=1S/C31H32F2N4O/c1-36(30(38)35-29-17-27(32)16-28(33)18-29)21-31(11-13-37(14-12-31)20-22-5-6-22)26-9-7-24(8-10-26)25-4-2-3-23(15-25)19-34/h2-4,7-10,15-18,22H,5-6,11-14,20-21H2,1H3,(H,35,38). The molecule has 38 heavy (non-hydrogen) atoms. The summed E-state index contributed by atoms with van der Waals surface area (Å²) in [5.41, 5.74) is 3.66. The number of urea groups is 1. The number of likely N-dealkylation sites (N-methyl/N-ethyl adjacent to an activating group) is 1. The van der Waals surface area contributed by atoms with Gasteiger partial charge in [0.1, 0.15) is 11.6 Å². The van der Waals surface area contributed by atoms with Crippen molar-refractivity contribution in [2.75, 3.05) is 38.5 Å². The number of benzene rings is 3. The Morgan fingerprint density at radius 1 is 1.03 bits per heavy atom. The highest BCUT2D eigenvalue weighted by atomic mass is 19.1. The number of amides is 2. The number of nitrogens with one attached hydrogen (secondary N) is 1. The van der Waals surface area contributed by atoms with E-state index < -0.39 is 17.7 Å². The Bertz CT molecular complexity index is 1320. The van der Waals surface area contributed by atoms with Crippen molar-refractivity contribution in [3.8, 4) is 17.2 Å². The summed E-state index contributed by atoms with van der Waals surface area (Å²) in [6.45, 7) is 3.56. The fourth-order valence-electron chi connectivity index (χ4n) is 5.52. The van der Waals surface area contributed by atoms with Crippen LogP contribution in [0, 0.1) is 28.9 Å². The van der Waals surface area contributed by atoms with Gasteiger partial charge in [-0.2, -0.15) is 5.26 Å². The van der Waals surface area contributed by atoms with Gasteiger partial charge in [-0.15, -0.1) is 0 Å². The molecule has 0 atom stereocenters. The molecule has 196 valence electrons. The van der Waals surface area contributed by atoms with Gasteiger partial charge >= 0.3 is 6.03 Å². The Morgan fingerprint density at radius 3 is 2.34 bits per heavy atom. The zero-order valence-electron chi connectivity index (χ0n) is 21.6. The van der Waals surface area contributed by atoms with Crippen LogP contribution < -0.4 is 5.32 Å². The number of hydrogen-bond donors (Lipinski definition) is 1. The fraction of sp³-hybridized carbons (Fsp3) is 0.355. The van der Waals surface area contributed by atoms with E-state index in [4.69, 9.17) is 0 Å². The maximum Gasteiger partial charge on any atom is 0.321 e. The van der Waals surface area contributed by atoms with Crippen LogP contribution in [0.4, 0.5) is 19.3 Å². The molecule has 7 heteroatoms. The summed E-state index contributed by atoms with van der Waals surface area (Å²) in [5.74, 6) is -0.642. The van der Waals surface area contributed by atoms with Gasteiger partial charge in [0.05, 0.1) is 11.6 Å². The smallest absolute Gasteiger partial charge is 0.321 e. The second-order valence-electron chi connectivity index (χ2n) is 10.7. The third-order valence-corrected chi connectivity index (χ3v) is 7.85. The van der Waals surface area contributed by atoms with Crippen molar-refractivity contribution >= 4 is 11.7 Å². The van der Waals surface area contributed by atoms with E-state index >= 15 is 0 Å². The summed E-state index contributed by atoms with van der Waals surface area (Å²) in [6.07, 6.45) is 4.46. The van der Waals surface area contributed by atoms with Crippen LogP contribution in [0.2, 0.25) is 0 Å². The number of piperidine rings is 1. The van der Waals surface area contributed by atoms with Crippen LogP contribution >= 0.6 is 0 Å². The molecule has 1 saturated heterocycles. The maximum absolute atomic E-state index is 13.6. The lowest BCUT2D eigenvalue weighted by Crippen LogP contribution is -2.50. The molecule has 1 heterocycles. The average molecular weight is 515 g/mol. The van der Waals surface area contributed by atoms with Gasteiger partial charge < -0.3 is 15.1 Å². The molecule has 0 aromatic heterocycles. The number of hydrogen-bond acceptors (Lipinski definition) is 3. The van der Waals surface area contributed by atoms with Gasteiger partial charge in [-0.05, 0) is 85.6 Å². The van der Waals surface area contributed by atoms with Gasteiger partial charge in [0.2, 0.25) is 0 Å². The molecule has 3 aromatic rings. The largest absolute Gasteiger partial charge is 0.327 e. The van der Waals surface area contributed by atoms with Crippen molar-refractivity contribution in [2.24, 2.45) is 5.92 Å². The van der Waals surface area contributed by atoms with Crippen LogP contribution in [0.15, 0.2) is 66.7 Å². The second kappa shape index (κ2) is 10.9. The molecule has 1 N–H and O–H groups in total. The first kappa shape index (κ1) is 25.9. The Labute approximate surface area is 222 Å². The number of halogens is 2. The van der Waals surface area contributed by atoms with Crippen LogP contribution in [0.25, 0.3) is 11.1 Å². The predicted molar refractivity (Wildman–Crippen MR) is 145 cm³/mol. The number of carbonyl (C=O) groups excluding carboxylic acids is 1. The van der Waals surface area contributed by atoms with E-state index in [0.29, 0.717) is 12.1 Å². The normalized spacial score (nSPS) is 17.0. The predicted octanol–water partition coefficient (Wildman–Crippen LogP) is 6.41. The van der Waals surface area contributed by atoms with Crippen LogP contribution in [0.1, 0.15) is 36.8 Å². The fourth-order valence-corrected chi connectivity index (χ4v) is 5.52. The molecule has 0 unspecified atom stereocenters. The van der Waals surface area contributed by atoms with E-state index in [9.17, 15) is 18.8 Å². The Kier molecular flexibility index (Phi) is 7.44. The molecule has 1 aliphatic heterocycles. The summed E-state index contributed by atoms with van der Waals surface area (Å²) in [7, 11) is 1.73. The first-order valence-corrected chi connectivity index (χ1v) is 13.2. The molecule has 2 amide bonds.